The lowest BCUT2D eigenvalue weighted by Crippen LogP contribution is -2.30. The molecular weight excluding hydrogens is 359 g/mol. The molecule has 0 saturated carbocycles. The summed E-state index contributed by atoms with van der Waals surface area (Å²) >= 11 is 9.69. The predicted octanol–water partition coefficient (Wildman–Crippen LogP) is 3.28. The number of nitrogens with one attached hydrogen (secondary N) is 1. The van der Waals surface area contributed by atoms with Crippen LogP contribution >= 0.6 is 27.5 Å². The van der Waals surface area contributed by atoms with E-state index in [2.05, 4.69) is 26.5 Å². The summed E-state index contributed by atoms with van der Waals surface area (Å²) < 4.78 is 16.0. The normalized spacial score (nSPS) is 12.7. The van der Waals surface area contributed by atoms with E-state index in [1.165, 1.54) is 12.1 Å². The molecular formula is C14H17BrClFN4. The standard InChI is InChI=1S/C14H17BrClFN4/c1-3-11-14(15)13(21(2)20-11)7-12(19-18)9-5-4-8(17)6-10(9)16/h4-6,12,19H,3,7,18H2,1-2H3. The third kappa shape index (κ3) is 3.45. The molecule has 0 fully saturated rings. The Morgan fingerprint density at radius 3 is 2.76 bits per heavy atom. The molecule has 0 spiro atoms. The number of aryl methyl sites for hydroxylation is 2. The summed E-state index contributed by atoms with van der Waals surface area (Å²) in [5.41, 5.74) is 5.50. The fraction of sp³-hybridized carbons (Fsp3) is 0.357. The SMILES string of the molecule is CCc1nn(C)c(CC(NN)c2ccc(F)cc2Cl)c1Br. The number of hydrogen-bond acceptors (Lipinski definition) is 3. The van der Waals surface area contributed by atoms with E-state index < -0.39 is 0 Å². The Bertz CT molecular complexity index is 644. The number of benzene rings is 1. The van der Waals surface area contributed by atoms with Gasteiger partial charge in [0.1, 0.15) is 5.82 Å². The molecule has 1 unspecified atom stereocenters. The lowest BCUT2D eigenvalue weighted by molar-refractivity contribution is 0.527. The van der Waals surface area contributed by atoms with E-state index in [9.17, 15) is 4.39 Å². The molecule has 1 aromatic carbocycles. The molecule has 1 heterocycles. The third-order valence-electron chi connectivity index (χ3n) is 3.44. The van der Waals surface area contributed by atoms with Crippen LogP contribution in [0, 0.1) is 5.82 Å². The fourth-order valence-corrected chi connectivity index (χ4v) is 3.35. The van der Waals surface area contributed by atoms with Crippen molar-refractivity contribution in [2.24, 2.45) is 12.9 Å². The Kier molecular flexibility index (Phi) is 5.37. The first-order valence-electron chi connectivity index (χ1n) is 6.59. The maximum atomic E-state index is 13.2. The van der Waals surface area contributed by atoms with Crippen LogP contribution in [0.4, 0.5) is 4.39 Å². The lowest BCUT2D eigenvalue weighted by Gasteiger charge is -2.18. The van der Waals surface area contributed by atoms with Gasteiger partial charge >= 0.3 is 0 Å². The van der Waals surface area contributed by atoms with Crippen molar-refractivity contribution in [2.45, 2.75) is 25.8 Å². The van der Waals surface area contributed by atoms with Crippen molar-refractivity contribution < 1.29 is 4.39 Å². The Morgan fingerprint density at radius 1 is 1.52 bits per heavy atom. The highest BCUT2D eigenvalue weighted by molar-refractivity contribution is 9.10. The van der Waals surface area contributed by atoms with Gasteiger partial charge in [-0.25, -0.2) is 4.39 Å². The summed E-state index contributed by atoms with van der Waals surface area (Å²) in [5.74, 6) is 5.29. The van der Waals surface area contributed by atoms with Crippen LogP contribution < -0.4 is 11.3 Å². The van der Waals surface area contributed by atoms with Crippen LogP contribution in [-0.4, -0.2) is 9.78 Å². The topological polar surface area (TPSA) is 55.9 Å². The zero-order valence-electron chi connectivity index (χ0n) is 11.8. The number of hydrogen-bond donors (Lipinski definition) is 2. The van der Waals surface area contributed by atoms with Crippen LogP contribution in [0.3, 0.4) is 0 Å². The Hall–Kier alpha value is -0.950. The van der Waals surface area contributed by atoms with Crippen LogP contribution in [0.1, 0.15) is 29.9 Å². The van der Waals surface area contributed by atoms with Crippen molar-refractivity contribution in [3.63, 3.8) is 0 Å². The Balaban J connectivity index is 2.33. The highest BCUT2D eigenvalue weighted by Crippen LogP contribution is 2.29. The van der Waals surface area contributed by atoms with Crippen LogP contribution in [-0.2, 0) is 19.9 Å². The number of hydrazine groups is 1. The molecule has 0 bridgehead atoms. The summed E-state index contributed by atoms with van der Waals surface area (Å²) in [6.45, 7) is 2.05. The number of rotatable bonds is 5. The largest absolute Gasteiger partial charge is 0.271 e. The molecule has 7 heteroatoms. The van der Waals surface area contributed by atoms with Crippen LogP contribution in [0.25, 0.3) is 0 Å². The highest BCUT2D eigenvalue weighted by Gasteiger charge is 2.20. The molecule has 1 aromatic heterocycles. The summed E-state index contributed by atoms with van der Waals surface area (Å²) in [5, 5.41) is 4.81. The zero-order valence-corrected chi connectivity index (χ0v) is 14.2. The number of nitrogens with two attached hydrogens (primary N) is 1. The van der Waals surface area contributed by atoms with Crippen molar-refractivity contribution in [3.05, 3.63) is 50.5 Å². The summed E-state index contributed by atoms with van der Waals surface area (Å²) in [6.07, 6.45) is 1.43. The van der Waals surface area contributed by atoms with E-state index >= 15 is 0 Å². The lowest BCUT2D eigenvalue weighted by atomic mass is 10.0. The number of halogens is 3. The fourth-order valence-electron chi connectivity index (χ4n) is 2.28. The van der Waals surface area contributed by atoms with Gasteiger partial charge in [0.2, 0.25) is 0 Å². The third-order valence-corrected chi connectivity index (χ3v) is 4.68. The second kappa shape index (κ2) is 6.87. The molecule has 3 N–H and O–H groups in total. The van der Waals surface area contributed by atoms with Crippen molar-refractivity contribution in [1.82, 2.24) is 15.2 Å². The maximum absolute atomic E-state index is 13.2. The quantitative estimate of drug-likeness (QED) is 0.623. The van der Waals surface area contributed by atoms with Gasteiger partial charge in [-0.2, -0.15) is 5.10 Å². The van der Waals surface area contributed by atoms with Crippen molar-refractivity contribution in [2.75, 3.05) is 0 Å². The smallest absolute Gasteiger partial charge is 0.124 e. The number of nitrogens with zero attached hydrogens (tertiary/aromatic N) is 2. The van der Waals surface area contributed by atoms with E-state index in [4.69, 9.17) is 17.4 Å². The van der Waals surface area contributed by atoms with E-state index in [0.29, 0.717) is 11.4 Å². The van der Waals surface area contributed by atoms with Crippen molar-refractivity contribution >= 4 is 27.5 Å². The van der Waals surface area contributed by atoms with E-state index in [0.717, 1.165) is 27.8 Å². The molecule has 0 saturated heterocycles. The molecule has 2 aromatic rings. The van der Waals surface area contributed by atoms with Gasteiger partial charge in [0.05, 0.1) is 21.9 Å². The average molecular weight is 376 g/mol. The minimum atomic E-state index is -0.366. The van der Waals surface area contributed by atoms with Gasteiger partial charge in [0.15, 0.2) is 0 Å². The van der Waals surface area contributed by atoms with Crippen molar-refractivity contribution in [1.29, 1.82) is 0 Å². The monoisotopic (exact) mass is 374 g/mol. The summed E-state index contributed by atoms with van der Waals surface area (Å²) in [7, 11) is 1.89. The molecule has 0 amide bonds. The number of aromatic nitrogens is 2. The Labute approximate surface area is 136 Å². The second-order valence-electron chi connectivity index (χ2n) is 4.77. The van der Waals surface area contributed by atoms with E-state index in [1.807, 2.05) is 18.7 Å². The zero-order chi connectivity index (χ0) is 15.6. The molecule has 0 radical (unpaired) electrons. The van der Waals surface area contributed by atoms with E-state index in [-0.39, 0.29) is 11.9 Å². The molecule has 0 aliphatic heterocycles. The maximum Gasteiger partial charge on any atom is 0.124 e. The van der Waals surface area contributed by atoms with Crippen molar-refractivity contribution in [3.8, 4) is 0 Å². The minimum absolute atomic E-state index is 0.227. The van der Waals surface area contributed by atoms with Gasteiger partial charge in [0, 0.05) is 18.5 Å². The predicted molar refractivity (Wildman–Crippen MR) is 85.5 cm³/mol. The minimum Gasteiger partial charge on any atom is -0.271 e. The summed E-state index contributed by atoms with van der Waals surface area (Å²) in [6, 6.07) is 4.08. The van der Waals surface area contributed by atoms with Crippen LogP contribution in [0.2, 0.25) is 5.02 Å². The van der Waals surface area contributed by atoms with Gasteiger partial charge < -0.3 is 0 Å². The molecule has 0 aliphatic rings. The first kappa shape index (κ1) is 16.4. The van der Waals surface area contributed by atoms with E-state index in [1.54, 1.807) is 6.07 Å². The van der Waals surface area contributed by atoms with Gasteiger partial charge in [-0.15, -0.1) is 0 Å². The molecule has 1 atom stereocenters. The van der Waals surface area contributed by atoms with Crippen LogP contribution in [0.15, 0.2) is 22.7 Å². The highest BCUT2D eigenvalue weighted by atomic mass is 79.9. The summed E-state index contributed by atoms with van der Waals surface area (Å²) in [4.78, 5) is 0. The first-order valence-corrected chi connectivity index (χ1v) is 7.76. The average Bonchev–Trinajstić information content (AvgIpc) is 2.72. The van der Waals surface area contributed by atoms with Gasteiger partial charge in [-0.1, -0.05) is 24.6 Å². The Morgan fingerprint density at radius 2 is 2.24 bits per heavy atom. The van der Waals surface area contributed by atoms with Crippen LogP contribution in [0.5, 0.6) is 0 Å². The molecule has 0 aliphatic carbocycles. The van der Waals surface area contributed by atoms with Gasteiger partial charge in [-0.05, 0) is 40.0 Å². The van der Waals surface area contributed by atoms with Gasteiger partial charge in [-0.3, -0.25) is 16.0 Å². The van der Waals surface area contributed by atoms with Gasteiger partial charge in [0.25, 0.3) is 0 Å². The first-order chi connectivity index (χ1) is 9.97. The second-order valence-corrected chi connectivity index (χ2v) is 5.97. The molecule has 2 rings (SSSR count). The molecule has 21 heavy (non-hydrogen) atoms. The molecule has 4 nitrogen and oxygen atoms in total. The molecule has 114 valence electrons.